The van der Waals surface area contributed by atoms with Gasteiger partial charge in [0.1, 0.15) is 0 Å². The van der Waals surface area contributed by atoms with E-state index in [0.29, 0.717) is 5.71 Å². The predicted octanol–water partition coefficient (Wildman–Crippen LogP) is 1.90. The topological polar surface area (TPSA) is 58.5 Å². The molecule has 1 saturated carbocycles. The molecule has 1 heterocycles. The molecule has 0 bridgehead atoms. The number of rotatable bonds is 2. The summed E-state index contributed by atoms with van der Waals surface area (Å²) in [7, 11) is 0. The first-order valence-corrected chi connectivity index (χ1v) is 6.71. The molecule has 1 fully saturated rings. The lowest BCUT2D eigenvalue weighted by Gasteiger charge is -2.26. The van der Waals surface area contributed by atoms with Crippen molar-refractivity contribution in [3.8, 4) is 0 Å². The lowest BCUT2D eigenvalue weighted by molar-refractivity contribution is -0.119. The SMILES string of the molecule is CCC1=CC(=O)NC2=CC(=NC(=O)C3CC3)C=CC12. The van der Waals surface area contributed by atoms with Crippen molar-refractivity contribution in [2.45, 2.75) is 26.2 Å². The third-order valence-corrected chi connectivity index (χ3v) is 3.66. The second-order valence-electron chi connectivity index (χ2n) is 5.15. The van der Waals surface area contributed by atoms with Crippen molar-refractivity contribution in [1.29, 1.82) is 0 Å². The van der Waals surface area contributed by atoms with E-state index in [-0.39, 0.29) is 23.7 Å². The van der Waals surface area contributed by atoms with Gasteiger partial charge >= 0.3 is 0 Å². The van der Waals surface area contributed by atoms with Gasteiger partial charge in [-0.3, -0.25) is 9.59 Å². The molecule has 0 aromatic carbocycles. The average Bonchev–Trinajstić information content (AvgIpc) is 3.21. The first-order chi connectivity index (χ1) is 9.17. The molecular weight excluding hydrogens is 240 g/mol. The number of carbonyl (C=O) groups excluding carboxylic acids is 2. The van der Waals surface area contributed by atoms with Crippen LogP contribution < -0.4 is 5.32 Å². The van der Waals surface area contributed by atoms with Crippen LogP contribution in [0.4, 0.5) is 0 Å². The highest BCUT2D eigenvalue weighted by Crippen LogP contribution is 2.31. The molecule has 0 spiro atoms. The first-order valence-electron chi connectivity index (χ1n) is 6.71. The largest absolute Gasteiger partial charge is 0.325 e. The second-order valence-corrected chi connectivity index (χ2v) is 5.15. The van der Waals surface area contributed by atoms with Crippen LogP contribution in [0.2, 0.25) is 0 Å². The maximum atomic E-state index is 11.7. The van der Waals surface area contributed by atoms with Gasteiger partial charge in [-0.15, -0.1) is 0 Å². The number of nitrogens with one attached hydrogen (secondary N) is 1. The van der Waals surface area contributed by atoms with Crippen LogP contribution in [0.25, 0.3) is 0 Å². The molecule has 4 nitrogen and oxygen atoms in total. The van der Waals surface area contributed by atoms with Crippen molar-refractivity contribution < 1.29 is 9.59 Å². The lowest BCUT2D eigenvalue weighted by Crippen LogP contribution is -2.33. The van der Waals surface area contributed by atoms with Crippen molar-refractivity contribution in [3.05, 3.63) is 35.6 Å². The number of fused-ring (bicyclic) bond motifs is 1. The van der Waals surface area contributed by atoms with Gasteiger partial charge in [0.25, 0.3) is 0 Å². The van der Waals surface area contributed by atoms with Crippen molar-refractivity contribution in [2.75, 3.05) is 0 Å². The summed E-state index contributed by atoms with van der Waals surface area (Å²) in [5, 5.41) is 2.83. The fourth-order valence-corrected chi connectivity index (χ4v) is 2.41. The second kappa shape index (κ2) is 4.61. The molecule has 1 N–H and O–H groups in total. The Hall–Kier alpha value is -1.97. The molecule has 0 saturated heterocycles. The van der Waals surface area contributed by atoms with Gasteiger partial charge in [-0.1, -0.05) is 18.6 Å². The van der Waals surface area contributed by atoms with Gasteiger partial charge in [-0.25, -0.2) is 4.99 Å². The normalized spacial score (nSPS) is 27.5. The third-order valence-electron chi connectivity index (χ3n) is 3.66. The standard InChI is InChI=1S/C15H16N2O2/c1-2-9-7-14(18)17-13-8-11(5-6-12(9)13)16-15(19)10-3-4-10/h5-8,10,12H,2-4H2,1H3,(H,17,18). The summed E-state index contributed by atoms with van der Waals surface area (Å²) in [6.07, 6.45) is 10.1. The van der Waals surface area contributed by atoms with E-state index in [4.69, 9.17) is 0 Å². The number of hydrogen-bond donors (Lipinski definition) is 1. The fourth-order valence-electron chi connectivity index (χ4n) is 2.41. The Labute approximate surface area is 112 Å². The van der Waals surface area contributed by atoms with Crippen LogP contribution in [-0.2, 0) is 9.59 Å². The summed E-state index contributed by atoms with van der Waals surface area (Å²) >= 11 is 0. The minimum Gasteiger partial charge on any atom is -0.325 e. The number of amides is 2. The van der Waals surface area contributed by atoms with Gasteiger partial charge in [-0.05, 0) is 31.4 Å². The Balaban J connectivity index is 1.86. The van der Waals surface area contributed by atoms with Crippen LogP contribution in [0.3, 0.4) is 0 Å². The molecular formula is C15H16N2O2. The quantitative estimate of drug-likeness (QED) is 0.820. The van der Waals surface area contributed by atoms with Gasteiger partial charge < -0.3 is 5.32 Å². The van der Waals surface area contributed by atoms with Crippen LogP contribution in [0.1, 0.15) is 26.2 Å². The Kier molecular flexibility index (Phi) is 2.93. The van der Waals surface area contributed by atoms with E-state index >= 15 is 0 Å². The Morgan fingerprint density at radius 3 is 2.89 bits per heavy atom. The van der Waals surface area contributed by atoms with Crippen LogP contribution in [0, 0.1) is 11.8 Å². The van der Waals surface area contributed by atoms with E-state index in [9.17, 15) is 9.59 Å². The molecule has 0 radical (unpaired) electrons. The summed E-state index contributed by atoms with van der Waals surface area (Å²) in [6.45, 7) is 2.04. The maximum absolute atomic E-state index is 11.7. The first kappa shape index (κ1) is 12.1. The van der Waals surface area contributed by atoms with Gasteiger partial charge in [0.15, 0.2) is 0 Å². The van der Waals surface area contributed by atoms with E-state index in [0.717, 1.165) is 30.5 Å². The highest BCUT2D eigenvalue weighted by Gasteiger charge is 2.30. The van der Waals surface area contributed by atoms with E-state index in [1.54, 1.807) is 6.08 Å². The summed E-state index contributed by atoms with van der Waals surface area (Å²) in [6, 6.07) is 0. The molecule has 2 aliphatic carbocycles. The van der Waals surface area contributed by atoms with E-state index in [2.05, 4.69) is 10.3 Å². The minimum absolute atomic E-state index is 0.0386. The molecule has 1 atom stereocenters. The number of nitrogens with zero attached hydrogens (tertiary/aromatic N) is 1. The zero-order valence-electron chi connectivity index (χ0n) is 10.8. The van der Waals surface area contributed by atoms with Crippen molar-refractivity contribution >= 4 is 17.5 Å². The van der Waals surface area contributed by atoms with E-state index in [1.807, 2.05) is 25.2 Å². The molecule has 1 unspecified atom stereocenters. The zero-order chi connectivity index (χ0) is 13.4. The minimum atomic E-state index is -0.0949. The highest BCUT2D eigenvalue weighted by molar-refractivity contribution is 6.11. The van der Waals surface area contributed by atoms with Crippen LogP contribution in [0.15, 0.2) is 40.6 Å². The summed E-state index contributed by atoms with van der Waals surface area (Å²) in [5.41, 5.74) is 2.56. The highest BCUT2D eigenvalue weighted by atomic mass is 16.2. The van der Waals surface area contributed by atoms with Gasteiger partial charge in [0, 0.05) is 23.6 Å². The van der Waals surface area contributed by atoms with E-state index < -0.39 is 0 Å². The predicted molar refractivity (Wildman–Crippen MR) is 72.4 cm³/mol. The van der Waals surface area contributed by atoms with Gasteiger partial charge in [-0.2, -0.15) is 0 Å². The molecule has 4 heteroatoms. The third kappa shape index (κ3) is 2.43. The summed E-state index contributed by atoms with van der Waals surface area (Å²) in [4.78, 5) is 27.4. The Morgan fingerprint density at radius 2 is 2.21 bits per heavy atom. The molecule has 19 heavy (non-hydrogen) atoms. The molecule has 3 rings (SSSR count). The maximum Gasteiger partial charge on any atom is 0.249 e. The van der Waals surface area contributed by atoms with Gasteiger partial charge in [0.2, 0.25) is 11.8 Å². The van der Waals surface area contributed by atoms with Crippen LogP contribution in [0.5, 0.6) is 0 Å². The monoisotopic (exact) mass is 256 g/mol. The molecule has 0 aromatic rings. The smallest absolute Gasteiger partial charge is 0.249 e. The van der Waals surface area contributed by atoms with E-state index in [1.165, 1.54) is 0 Å². The lowest BCUT2D eigenvalue weighted by atomic mass is 9.86. The number of allylic oxidation sites excluding steroid dienone is 3. The van der Waals surface area contributed by atoms with Crippen molar-refractivity contribution in [2.24, 2.45) is 16.8 Å². The molecule has 1 aliphatic heterocycles. The molecule has 0 aromatic heterocycles. The molecule has 3 aliphatic rings. The van der Waals surface area contributed by atoms with Crippen LogP contribution in [-0.4, -0.2) is 17.5 Å². The zero-order valence-corrected chi connectivity index (χ0v) is 10.8. The Morgan fingerprint density at radius 1 is 1.42 bits per heavy atom. The number of carbonyl (C=O) groups is 2. The van der Waals surface area contributed by atoms with Crippen molar-refractivity contribution in [3.63, 3.8) is 0 Å². The summed E-state index contributed by atoms with van der Waals surface area (Å²) in [5.74, 6) is 0.118. The molecule has 2 amide bonds. The van der Waals surface area contributed by atoms with Crippen molar-refractivity contribution in [1.82, 2.24) is 5.32 Å². The fraction of sp³-hybridized carbons (Fsp3) is 0.400. The average molecular weight is 256 g/mol. The number of aliphatic imine (C=N–C) groups is 1. The number of hydrogen-bond acceptors (Lipinski definition) is 2. The molecule has 98 valence electrons. The summed E-state index contributed by atoms with van der Waals surface area (Å²) < 4.78 is 0. The van der Waals surface area contributed by atoms with Gasteiger partial charge in [0.05, 0.1) is 5.71 Å². The van der Waals surface area contributed by atoms with Crippen LogP contribution >= 0.6 is 0 Å². The Bertz CT molecular complexity index is 563.